The van der Waals surface area contributed by atoms with E-state index < -0.39 is 5.97 Å². The van der Waals surface area contributed by atoms with Gasteiger partial charge in [0.2, 0.25) is 0 Å². The topological polar surface area (TPSA) is 140 Å². The van der Waals surface area contributed by atoms with Gasteiger partial charge in [-0.05, 0) is 92.8 Å². The Morgan fingerprint density at radius 1 is 0.500 bits per heavy atom. The van der Waals surface area contributed by atoms with E-state index in [4.69, 9.17) is 16.3 Å². The predicted octanol–water partition coefficient (Wildman–Crippen LogP) is 1.75. The van der Waals surface area contributed by atoms with Crippen molar-refractivity contribution in [2.45, 2.75) is 145 Å². The van der Waals surface area contributed by atoms with Crippen molar-refractivity contribution in [3.8, 4) is 0 Å². The van der Waals surface area contributed by atoms with Gasteiger partial charge in [0.05, 0.1) is 55.2 Å². The summed E-state index contributed by atoms with van der Waals surface area (Å²) >= 11 is 7.24. The number of hydrogen-bond acceptors (Lipinski definition) is 11. The molecule has 9 rings (SSSR count). The van der Waals surface area contributed by atoms with Crippen LogP contribution in [0.4, 0.5) is 0 Å². The summed E-state index contributed by atoms with van der Waals surface area (Å²) in [7, 11) is 0. The minimum atomic E-state index is -0.441. The number of rotatable bonds is 2. The lowest BCUT2D eigenvalue weighted by molar-refractivity contribution is -0.156. The van der Waals surface area contributed by atoms with Gasteiger partial charge < -0.3 is 4.74 Å². The van der Waals surface area contributed by atoms with Crippen molar-refractivity contribution in [2.75, 3.05) is 0 Å². The first kappa shape index (κ1) is 31.1. The number of ether oxygens (including phenoxy) is 1. The Balaban J connectivity index is 1.05. The molecule has 5 heterocycles. The van der Waals surface area contributed by atoms with Gasteiger partial charge in [-0.25, -0.2) is 0 Å². The molecule has 0 amide bonds. The van der Waals surface area contributed by atoms with Crippen molar-refractivity contribution in [3.05, 3.63) is 0 Å². The number of halogens is 1. The highest BCUT2D eigenvalue weighted by Crippen LogP contribution is 2.47. The number of alkyl halides is 1. The van der Waals surface area contributed by atoms with Crippen LogP contribution in [0.2, 0.25) is 0 Å². The maximum atomic E-state index is 12.8. The molecule has 256 valence electrons. The fourth-order valence-electron chi connectivity index (χ4n) is 12.4. The monoisotopic (exact) mass is 658 g/mol. The molecule has 11 nitrogen and oxygen atoms in total. The van der Waals surface area contributed by atoms with Gasteiger partial charge >= 0.3 is 12.4 Å². The Labute approximate surface area is 278 Å². The second-order valence-electron chi connectivity index (χ2n) is 16.4. The van der Waals surface area contributed by atoms with E-state index in [2.05, 4.69) is 42.5 Å². The van der Waals surface area contributed by atoms with Gasteiger partial charge in [0.15, 0.2) is 0 Å². The van der Waals surface area contributed by atoms with Crippen molar-refractivity contribution in [2.24, 2.45) is 53.3 Å². The summed E-state index contributed by atoms with van der Waals surface area (Å²) in [6, 6.07) is 0. The summed E-state index contributed by atoms with van der Waals surface area (Å²) in [6.45, 7) is 0.268. The van der Waals surface area contributed by atoms with Crippen LogP contribution in [0.25, 0.3) is 0 Å². The van der Waals surface area contributed by atoms with Crippen LogP contribution in [0.1, 0.15) is 89.9 Å². The van der Waals surface area contributed by atoms with E-state index in [1.807, 2.05) is 0 Å². The van der Waals surface area contributed by atoms with E-state index in [0.717, 1.165) is 0 Å². The smallest absolute Gasteiger partial charge is 0.316 e. The molecule has 4 aliphatic carbocycles. The normalized spacial score (nSPS) is 54.6. The van der Waals surface area contributed by atoms with Gasteiger partial charge in [-0.15, -0.1) is 11.6 Å². The lowest BCUT2D eigenvalue weighted by atomic mass is 9.73. The highest BCUT2D eigenvalue weighted by atomic mass is 35.5. The van der Waals surface area contributed by atoms with Crippen molar-refractivity contribution in [3.63, 3.8) is 0 Å². The second-order valence-corrected chi connectivity index (χ2v) is 17.0. The zero-order valence-corrected chi connectivity index (χ0v) is 27.7. The van der Waals surface area contributed by atoms with Gasteiger partial charge in [-0.1, -0.05) is 38.5 Å². The quantitative estimate of drug-likeness (QED) is 0.0953. The van der Waals surface area contributed by atoms with Crippen molar-refractivity contribution in [1.82, 2.24) is 42.5 Å². The summed E-state index contributed by atoms with van der Waals surface area (Å²) in [5.41, 5.74) is 0. The summed E-state index contributed by atoms with van der Waals surface area (Å²) in [5, 5.41) is 32.7. The van der Waals surface area contributed by atoms with Crippen LogP contribution in [-0.2, 0) is 14.3 Å². The highest BCUT2D eigenvalue weighted by molar-refractivity contribution is 6.21. The van der Waals surface area contributed by atoms with Gasteiger partial charge in [-0.2, -0.15) is 0 Å². The summed E-state index contributed by atoms with van der Waals surface area (Å²) in [6.07, 6.45) is 18.2. The number of carbonyl (C=O) groups is 2. The Morgan fingerprint density at radius 2 is 0.826 bits per heavy atom. The third-order valence-electron chi connectivity index (χ3n) is 14.4. The molecule has 8 N–H and O–H groups in total. The average molecular weight is 659 g/mol. The number of esters is 1. The Morgan fingerprint density at radius 3 is 1.17 bits per heavy atom. The second kappa shape index (κ2) is 12.8. The van der Waals surface area contributed by atoms with Crippen LogP contribution in [-0.4, -0.2) is 67.1 Å². The Kier molecular flexibility index (Phi) is 8.64. The third-order valence-corrected chi connectivity index (χ3v) is 14.8. The highest BCUT2D eigenvalue weighted by Gasteiger charge is 2.56. The molecule has 9 aliphatic rings. The molecular weight excluding hydrogens is 604 g/mol. The number of fused-ring (bicyclic) bond motifs is 20. The molecule has 8 bridgehead atoms. The number of nitrogens with one attached hydrogen (secondary N) is 8. The van der Waals surface area contributed by atoms with Crippen molar-refractivity contribution in [1.29, 1.82) is 0 Å². The third kappa shape index (κ3) is 5.39. The van der Waals surface area contributed by atoms with Crippen LogP contribution in [0, 0.1) is 53.3 Å². The molecule has 4 saturated carbocycles. The molecule has 0 aromatic carbocycles. The first-order valence-corrected chi connectivity index (χ1v) is 19.4. The van der Waals surface area contributed by atoms with Crippen molar-refractivity contribution >= 4 is 24.0 Å². The van der Waals surface area contributed by atoms with Crippen molar-refractivity contribution < 1.29 is 14.3 Å². The van der Waals surface area contributed by atoms with Gasteiger partial charge in [0.25, 0.3) is 0 Å². The largest absolute Gasteiger partial charge is 0.395 e. The number of carbonyl (C=O) groups excluding carboxylic acids is 2. The van der Waals surface area contributed by atoms with E-state index in [-0.39, 0.29) is 66.6 Å². The molecule has 18 atom stereocenters. The van der Waals surface area contributed by atoms with Gasteiger partial charge in [-0.3, -0.25) is 52.1 Å². The molecule has 18 unspecified atom stereocenters. The fraction of sp³-hybridized carbons (Fsp3) is 0.941. The van der Waals surface area contributed by atoms with Crippen LogP contribution in [0.5, 0.6) is 0 Å². The van der Waals surface area contributed by atoms with E-state index >= 15 is 0 Å². The molecule has 0 radical (unpaired) electrons. The Hall–Kier alpha value is -0.890. The minimum Gasteiger partial charge on any atom is -0.395 e. The zero-order chi connectivity index (χ0) is 30.9. The molecule has 0 spiro atoms. The first-order valence-electron chi connectivity index (χ1n) is 18.9. The van der Waals surface area contributed by atoms with Crippen LogP contribution in [0.15, 0.2) is 0 Å². The molecule has 0 aromatic heterocycles. The van der Waals surface area contributed by atoms with Crippen LogP contribution in [0.3, 0.4) is 0 Å². The van der Waals surface area contributed by atoms with Gasteiger partial charge in [0, 0.05) is 11.3 Å². The maximum absolute atomic E-state index is 12.8. The molecule has 5 saturated heterocycles. The van der Waals surface area contributed by atoms with Crippen LogP contribution < -0.4 is 42.5 Å². The standard InChI is InChI=1S/C34H55ClN8O3/c35-24-14-16(34(45)46-15-44)13-23-25(24)33-42-31-22-12-6-5-11-21(22)29(40-31)38-27-18-8-2-1-7-17(18)26(36-27)37-28-19-9-3-4-10-20(19)30(39-28)41-32(23)43-33/h15-33,36-43H,1-14H2. The first-order chi connectivity index (χ1) is 22.6. The molecule has 5 aliphatic heterocycles. The molecular formula is C34H55ClN8O3. The van der Waals surface area contributed by atoms with E-state index in [1.54, 1.807) is 0 Å². The lowest BCUT2D eigenvalue weighted by Crippen LogP contribution is -2.61. The van der Waals surface area contributed by atoms with E-state index in [0.29, 0.717) is 60.7 Å². The molecule has 12 heteroatoms. The lowest BCUT2D eigenvalue weighted by Gasteiger charge is -2.39. The zero-order valence-electron chi connectivity index (χ0n) is 27.0. The summed E-state index contributed by atoms with van der Waals surface area (Å²) in [5.74, 6) is 3.12. The summed E-state index contributed by atoms with van der Waals surface area (Å²) in [4.78, 5) is 23.9. The van der Waals surface area contributed by atoms with E-state index in [9.17, 15) is 9.59 Å². The summed E-state index contributed by atoms with van der Waals surface area (Å²) < 4.78 is 4.87. The fourth-order valence-corrected chi connectivity index (χ4v) is 12.9. The predicted molar refractivity (Wildman–Crippen MR) is 173 cm³/mol. The maximum Gasteiger partial charge on any atom is 0.316 e. The SMILES string of the molecule is O=COC(=O)C1CC(Cl)C2C3NC4NC(NC5NC(NC6NC(NC(N3)C2C1)C1CCCCC61)C1CCCCC51)C1CCCCC41. The minimum absolute atomic E-state index is 0.00324. The average Bonchev–Trinajstić information content (AvgIpc) is 3.80. The molecule has 0 aromatic rings. The van der Waals surface area contributed by atoms with Crippen LogP contribution >= 0.6 is 11.6 Å². The molecule has 9 fully saturated rings. The Bertz CT molecular complexity index is 1150. The number of hydrogen-bond donors (Lipinski definition) is 8. The van der Waals surface area contributed by atoms with Gasteiger partial charge in [0.1, 0.15) is 0 Å². The molecule has 46 heavy (non-hydrogen) atoms. The van der Waals surface area contributed by atoms with E-state index in [1.165, 1.54) is 77.0 Å².